The van der Waals surface area contributed by atoms with E-state index in [1.54, 1.807) is 18.7 Å². The van der Waals surface area contributed by atoms with Crippen molar-refractivity contribution in [1.29, 1.82) is 0 Å². The molecule has 126 valence electrons. The number of hydrogen-bond acceptors (Lipinski definition) is 5. The molecule has 2 amide bonds. The van der Waals surface area contributed by atoms with Gasteiger partial charge in [0.1, 0.15) is 0 Å². The molecule has 24 heavy (non-hydrogen) atoms. The highest BCUT2D eigenvalue weighted by Crippen LogP contribution is 2.32. The first-order chi connectivity index (χ1) is 11.5. The van der Waals surface area contributed by atoms with Crippen molar-refractivity contribution in [2.75, 3.05) is 6.54 Å². The summed E-state index contributed by atoms with van der Waals surface area (Å²) in [6, 6.07) is 7.73. The van der Waals surface area contributed by atoms with Crippen LogP contribution in [0.3, 0.4) is 0 Å². The zero-order valence-corrected chi connectivity index (χ0v) is 13.8. The maximum atomic E-state index is 12.3. The van der Waals surface area contributed by atoms with E-state index in [4.69, 9.17) is 4.52 Å². The lowest BCUT2D eigenvalue weighted by atomic mass is 9.90. The first kappa shape index (κ1) is 16.2. The molecule has 1 N–H and O–H groups in total. The van der Waals surface area contributed by atoms with Crippen LogP contribution >= 0.6 is 0 Å². The van der Waals surface area contributed by atoms with Gasteiger partial charge in [-0.25, -0.2) is 0 Å². The highest BCUT2D eigenvalue weighted by molar-refractivity contribution is 5.79. The number of aromatic nitrogens is 2. The Bertz CT molecular complexity index is 756. The molecule has 0 radical (unpaired) electrons. The summed E-state index contributed by atoms with van der Waals surface area (Å²) in [7, 11) is 0. The Balaban J connectivity index is 1.70. The van der Waals surface area contributed by atoms with E-state index in [9.17, 15) is 9.59 Å². The highest BCUT2D eigenvalue weighted by Gasteiger charge is 2.30. The Morgan fingerprint density at radius 1 is 1.38 bits per heavy atom. The first-order valence-corrected chi connectivity index (χ1v) is 7.95. The summed E-state index contributed by atoms with van der Waals surface area (Å²) in [6.45, 7) is 4.08. The number of carbonyl (C=O) groups is 2. The predicted octanol–water partition coefficient (Wildman–Crippen LogP) is 1.53. The van der Waals surface area contributed by atoms with Gasteiger partial charge in [0, 0.05) is 13.5 Å². The largest absolute Gasteiger partial charge is 0.347 e. The van der Waals surface area contributed by atoms with E-state index in [1.807, 2.05) is 18.2 Å². The summed E-state index contributed by atoms with van der Waals surface area (Å²) < 4.78 is 4.98. The van der Waals surface area contributed by atoms with E-state index in [-0.39, 0.29) is 30.8 Å². The fraction of sp³-hybridized carbons (Fsp3) is 0.412. The number of nitrogens with zero attached hydrogens (tertiary/aromatic N) is 3. The van der Waals surface area contributed by atoms with Crippen molar-refractivity contribution in [3.05, 3.63) is 47.1 Å². The van der Waals surface area contributed by atoms with Crippen LogP contribution in [0.5, 0.6) is 0 Å². The molecule has 1 unspecified atom stereocenters. The summed E-state index contributed by atoms with van der Waals surface area (Å²) in [5.41, 5.74) is 2.24. The van der Waals surface area contributed by atoms with E-state index in [0.29, 0.717) is 18.3 Å². The van der Waals surface area contributed by atoms with Crippen molar-refractivity contribution in [1.82, 2.24) is 20.4 Å². The number of carbonyl (C=O) groups excluding carboxylic acids is 2. The van der Waals surface area contributed by atoms with Crippen molar-refractivity contribution in [2.24, 2.45) is 0 Å². The molecule has 1 aromatic heterocycles. The third-order valence-electron chi connectivity index (χ3n) is 4.20. The highest BCUT2D eigenvalue weighted by atomic mass is 16.5. The van der Waals surface area contributed by atoms with Crippen LogP contribution in [0.2, 0.25) is 0 Å². The normalized spacial score (nSPS) is 16.6. The molecule has 0 fully saturated rings. The first-order valence-electron chi connectivity index (χ1n) is 7.95. The molecule has 1 aromatic carbocycles. The fourth-order valence-electron chi connectivity index (χ4n) is 3.08. The lowest BCUT2D eigenvalue weighted by molar-refractivity contribution is -0.133. The van der Waals surface area contributed by atoms with Gasteiger partial charge in [0.2, 0.25) is 17.7 Å². The number of amides is 2. The molecule has 0 saturated carbocycles. The number of aryl methyl sites for hydroxylation is 1. The van der Waals surface area contributed by atoms with E-state index in [0.717, 1.165) is 12.0 Å². The molecule has 1 aliphatic heterocycles. The minimum Gasteiger partial charge on any atom is -0.347 e. The molecular weight excluding hydrogens is 308 g/mol. The summed E-state index contributed by atoms with van der Waals surface area (Å²) in [5.74, 6) is 0.727. The number of benzene rings is 1. The van der Waals surface area contributed by atoms with Gasteiger partial charge >= 0.3 is 0 Å². The minimum absolute atomic E-state index is 0.0187. The van der Waals surface area contributed by atoms with Gasteiger partial charge in [-0.1, -0.05) is 29.4 Å². The third kappa shape index (κ3) is 3.45. The zero-order chi connectivity index (χ0) is 17.1. The second-order valence-electron chi connectivity index (χ2n) is 5.89. The molecular formula is C17H20N4O3. The summed E-state index contributed by atoms with van der Waals surface area (Å²) >= 11 is 0. The monoisotopic (exact) mass is 328 g/mol. The van der Waals surface area contributed by atoms with Crippen LogP contribution in [-0.2, 0) is 22.6 Å². The van der Waals surface area contributed by atoms with Crippen LogP contribution in [0.25, 0.3) is 0 Å². The number of hydrogen-bond donors (Lipinski definition) is 1. The van der Waals surface area contributed by atoms with Gasteiger partial charge in [-0.3, -0.25) is 9.59 Å². The Hall–Kier alpha value is -2.70. The van der Waals surface area contributed by atoms with Crippen molar-refractivity contribution in [3.8, 4) is 0 Å². The Morgan fingerprint density at radius 2 is 2.17 bits per heavy atom. The van der Waals surface area contributed by atoms with E-state index < -0.39 is 0 Å². The van der Waals surface area contributed by atoms with Crippen LogP contribution < -0.4 is 5.32 Å². The van der Waals surface area contributed by atoms with Crippen molar-refractivity contribution in [3.63, 3.8) is 0 Å². The van der Waals surface area contributed by atoms with Crippen molar-refractivity contribution in [2.45, 2.75) is 39.3 Å². The third-order valence-corrected chi connectivity index (χ3v) is 4.20. The average Bonchev–Trinajstić information content (AvgIpc) is 2.98. The van der Waals surface area contributed by atoms with Crippen molar-refractivity contribution >= 4 is 11.8 Å². The molecule has 0 spiro atoms. The van der Waals surface area contributed by atoms with E-state index in [2.05, 4.69) is 21.5 Å². The molecule has 7 heteroatoms. The smallest absolute Gasteiger partial charge is 0.246 e. The maximum Gasteiger partial charge on any atom is 0.246 e. The average molecular weight is 328 g/mol. The topological polar surface area (TPSA) is 88.3 Å². The van der Waals surface area contributed by atoms with E-state index in [1.165, 1.54) is 5.56 Å². The van der Waals surface area contributed by atoms with E-state index >= 15 is 0 Å². The molecule has 2 heterocycles. The Labute approximate surface area is 140 Å². The Kier molecular flexibility index (Phi) is 4.59. The van der Waals surface area contributed by atoms with Gasteiger partial charge in [-0.15, -0.1) is 0 Å². The molecule has 0 saturated heterocycles. The predicted molar refractivity (Wildman–Crippen MR) is 85.8 cm³/mol. The van der Waals surface area contributed by atoms with Gasteiger partial charge in [-0.05, 0) is 24.5 Å². The summed E-state index contributed by atoms with van der Waals surface area (Å²) in [4.78, 5) is 30.1. The van der Waals surface area contributed by atoms with Crippen LogP contribution in [0.4, 0.5) is 0 Å². The van der Waals surface area contributed by atoms with Crippen LogP contribution in [0.15, 0.2) is 28.8 Å². The number of nitrogens with one attached hydrogen (secondary N) is 1. The molecule has 0 bridgehead atoms. The fourth-order valence-corrected chi connectivity index (χ4v) is 3.08. The molecule has 2 aromatic rings. The van der Waals surface area contributed by atoms with Crippen LogP contribution in [0, 0.1) is 6.92 Å². The summed E-state index contributed by atoms with van der Waals surface area (Å²) in [5, 5.41) is 6.46. The van der Waals surface area contributed by atoms with Crippen LogP contribution in [0.1, 0.15) is 42.2 Å². The van der Waals surface area contributed by atoms with Gasteiger partial charge in [0.15, 0.2) is 5.82 Å². The quantitative estimate of drug-likeness (QED) is 0.919. The molecule has 7 nitrogen and oxygen atoms in total. The number of rotatable bonds is 4. The standard InChI is InChI=1S/C17H20N4O3/c1-11-19-17(24-20-11)10-18-16(23)9-15-14-6-4-3-5-13(14)7-8-21(15)12(2)22/h3-6,15H,7-10H2,1-2H3,(H,18,23). The van der Waals surface area contributed by atoms with Crippen molar-refractivity contribution < 1.29 is 14.1 Å². The molecule has 3 rings (SSSR count). The molecule has 0 aliphatic carbocycles. The second-order valence-corrected chi connectivity index (χ2v) is 5.89. The van der Waals surface area contributed by atoms with Gasteiger partial charge in [0.05, 0.1) is 19.0 Å². The van der Waals surface area contributed by atoms with Gasteiger partial charge in [-0.2, -0.15) is 4.98 Å². The SMILES string of the molecule is CC(=O)N1CCc2ccccc2C1CC(=O)NCc1nc(C)no1. The maximum absolute atomic E-state index is 12.3. The number of fused-ring (bicyclic) bond motifs is 1. The van der Waals surface area contributed by atoms with Gasteiger partial charge in [0.25, 0.3) is 0 Å². The second kappa shape index (κ2) is 6.82. The summed E-state index contributed by atoms with van der Waals surface area (Å²) in [6.07, 6.45) is 1.03. The molecule has 1 atom stereocenters. The lowest BCUT2D eigenvalue weighted by Crippen LogP contribution is -2.41. The Morgan fingerprint density at radius 3 is 2.88 bits per heavy atom. The van der Waals surface area contributed by atoms with Gasteiger partial charge < -0.3 is 14.7 Å². The lowest BCUT2D eigenvalue weighted by Gasteiger charge is -2.36. The van der Waals surface area contributed by atoms with Crippen LogP contribution in [-0.4, -0.2) is 33.4 Å². The molecule has 1 aliphatic rings. The minimum atomic E-state index is -0.239. The zero-order valence-electron chi connectivity index (χ0n) is 13.8.